The molecule has 4 heteroatoms. The molecule has 1 N–H and O–H groups in total. The van der Waals surface area contributed by atoms with Gasteiger partial charge < -0.3 is 10.0 Å². The summed E-state index contributed by atoms with van der Waals surface area (Å²) in [6, 6.07) is 12.9. The Labute approximate surface area is 159 Å². The SMILES string of the molecule is CC(C)N1C(=O)C(O)(CC(=O)c2ccc3c(c2)CCCC3)c2ccccc21. The van der Waals surface area contributed by atoms with Crippen molar-refractivity contribution in [3.63, 3.8) is 0 Å². The number of Topliss-reactive ketones (excluding diaryl/α,β-unsaturated/α-hetero) is 1. The van der Waals surface area contributed by atoms with Crippen LogP contribution in [-0.4, -0.2) is 22.8 Å². The zero-order valence-electron chi connectivity index (χ0n) is 15.9. The van der Waals surface area contributed by atoms with Crippen molar-refractivity contribution in [2.75, 3.05) is 4.90 Å². The molecule has 0 bridgehead atoms. The zero-order chi connectivity index (χ0) is 19.2. The van der Waals surface area contributed by atoms with E-state index in [2.05, 4.69) is 0 Å². The highest BCUT2D eigenvalue weighted by molar-refractivity contribution is 6.11. The molecule has 0 aromatic heterocycles. The number of para-hydroxylation sites is 1. The average molecular weight is 363 g/mol. The number of aliphatic hydroxyl groups is 1. The molecule has 4 rings (SSSR count). The largest absolute Gasteiger partial charge is 0.375 e. The van der Waals surface area contributed by atoms with Crippen LogP contribution in [0.15, 0.2) is 42.5 Å². The Hall–Kier alpha value is -2.46. The summed E-state index contributed by atoms with van der Waals surface area (Å²) in [7, 11) is 0. The molecule has 2 aromatic carbocycles. The van der Waals surface area contributed by atoms with Gasteiger partial charge >= 0.3 is 0 Å². The molecule has 0 radical (unpaired) electrons. The standard InChI is InChI=1S/C23H25NO3/c1-15(2)24-20-10-6-5-9-19(20)23(27,22(24)26)14-21(25)18-12-11-16-7-3-4-8-17(16)13-18/h5-6,9-13,15,27H,3-4,7-8,14H2,1-2H3. The summed E-state index contributed by atoms with van der Waals surface area (Å²) in [5.74, 6) is -0.607. The lowest BCUT2D eigenvalue weighted by atomic mass is 9.85. The van der Waals surface area contributed by atoms with E-state index in [1.165, 1.54) is 17.5 Å². The van der Waals surface area contributed by atoms with Gasteiger partial charge in [0.25, 0.3) is 5.91 Å². The molecule has 1 aliphatic carbocycles. The smallest absolute Gasteiger partial charge is 0.264 e. The van der Waals surface area contributed by atoms with Crippen LogP contribution in [0.1, 0.15) is 60.2 Å². The second-order valence-electron chi connectivity index (χ2n) is 7.94. The summed E-state index contributed by atoms with van der Waals surface area (Å²) in [6.45, 7) is 3.82. The van der Waals surface area contributed by atoms with E-state index in [1.807, 2.05) is 44.2 Å². The number of aryl methyl sites for hydroxylation is 2. The van der Waals surface area contributed by atoms with Crippen LogP contribution in [0.3, 0.4) is 0 Å². The van der Waals surface area contributed by atoms with Crippen LogP contribution in [0.4, 0.5) is 5.69 Å². The predicted octanol–water partition coefficient (Wildman–Crippen LogP) is 3.78. The monoisotopic (exact) mass is 363 g/mol. The fourth-order valence-electron chi connectivity index (χ4n) is 4.38. The van der Waals surface area contributed by atoms with Crippen LogP contribution in [0.2, 0.25) is 0 Å². The Morgan fingerprint density at radius 2 is 1.81 bits per heavy atom. The highest BCUT2D eigenvalue weighted by Crippen LogP contribution is 2.43. The number of rotatable bonds is 4. The highest BCUT2D eigenvalue weighted by atomic mass is 16.3. The third kappa shape index (κ3) is 2.88. The van der Waals surface area contributed by atoms with E-state index in [1.54, 1.807) is 17.0 Å². The summed E-state index contributed by atoms with van der Waals surface area (Å²) in [5, 5.41) is 11.3. The molecule has 1 aliphatic heterocycles. The molecular weight excluding hydrogens is 338 g/mol. The average Bonchev–Trinajstić information content (AvgIpc) is 2.89. The number of hydrogen-bond donors (Lipinski definition) is 1. The summed E-state index contributed by atoms with van der Waals surface area (Å²) < 4.78 is 0. The van der Waals surface area contributed by atoms with E-state index in [0.717, 1.165) is 19.3 Å². The van der Waals surface area contributed by atoms with Crippen molar-refractivity contribution in [3.05, 3.63) is 64.7 Å². The molecule has 1 atom stereocenters. The van der Waals surface area contributed by atoms with Gasteiger partial charge in [0.1, 0.15) is 0 Å². The topological polar surface area (TPSA) is 57.6 Å². The molecule has 0 fully saturated rings. The number of nitrogens with zero attached hydrogens (tertiary/aromatic N) is 1. The summed E-state index contributed by atoms with van der Waals surface area (Å²) >= 11 is 0. The van der Waals surface area contributed by atoms with Crippen LogP contribution in [0, 0.1) is 0 Å². The number of anilines is 1. The number of amides is 1. The summed E-state index contributed by atoms with van der Waals surface area (Å²) in [4.78, 5) is 27.6. The van der Waals surface area contributed by atoms with Crippen molar-refractivity contribution in [1.82, 2.24) is 0 Å². The van der Waals surface area contributed by atoms with Gasteiger partial charge in [0.15, 0.2) is 11.4 Å². The molecule has 1 heterocycles. The minimum absolute atomic E-state index is 0.0912. The fraction of sp³-hybridized carbons (Fsp3) is 0.391. The van der Waals surface area contributed by atoms with E-state index in [0.29, 0.717) is 16.8 Å². The molecule has 0 saturated heterocycles. The molecular formula is C23H25NO3. The third-order valence-corrected chi connectivity index (χ3v) is 5.79. The molecule has 27 heavy (non-hydrogen) atoms. The number of hydrogen-bond acceptors (Lipinski definition) is 3. The number of ketones is 1. The molecule has 1 amide bonds. The van der Waals surface area contributed by atoms with Crippen molar-refractivity contribution < 1.29 is 14.7 Å². The van der Waals surface area contributed by atoms with Gasteiger partial charge in [0, 0.05) is 17.2 Å². The van der Waals surface area contributed by atoms with E-state index in [-0.39, 0.29) is 18.2 Å². The first kappa shape index (κ1) is 17.9. The summed E-state index contributed by atoms with van der Waals surface area (Å²) in [5.41, 5.74) is 2.53. The quantitative estimate of drug-likeness (QED) is 0.841. The first-order chi connectivity index (χ1) is 12.9. The Balaban J connectivity index is 1.67. The molecule has 0 saturated carbocycles. The summed E-state index contributed by atoms with van der Waals surface area (Å²) in [6.07, 6.45) is 4.15. The molecule has 2 aromatic rings. The molecule has 4 nitrogen and oxygen atoms in total. The maximum atomic E-state index is 13.0. The maximum Gasteiger partial charge on any atom is 0.264 e. The fourth-order valence-corrected chi connectivity index (χ4v) is 4.38. The van der Waals surface area contributed by atoms with Gasteiger partial charge in [-0.25, -0.2) is 0 Å². The van der Waals surface area contributed by atoms with Crippen LogP contribution in [0.25, 0.3) is 0 Å². The first-order valence-electron chi connectivity index (χ1n) is 9.72. The maximum absolute atomic E-state index is 13.0. The molecule has 0 spiro atoms. The Kier molecular flexibility index (Phi) is 4.39. The predicted molar refractivity (Wildman–Crippen MR) is 105 cm³/mol. The molecule has 2 aliphatic rings. The lowest BCUT2D eigenvalue weighted by Crippen LogP contribution is -2.44. The van der Waals surface area contributed by atoms with Crippen molar-refractivity contribution in [2.24, 2.45) is 0 Å². The van der Waals surface area contributed by atoms with E-state index in [4.69, 9.17) is 0 Å². The number of benzene rings is 2. The van der Waals surface area contributed by atoms with Crippen LogP contribution in [-0.2, 0) is 23.2 Å². The van der Waals surface area contributed by atoms with Gasteiger partial charge in [-0.05, 0) is 62.8 Å². The second kappa shape index (κ2) is 6.61. The lowest BCUT2D eigenvalue weighted by Gasteiger charge is -2.25. The van der Waals surface area contributed by atoms with Gasteiger partial charge in [-0.3, -0.25) is 9.59 Å². The van der Waals surface area contributed by atoms with Gasteiger partial charge in [-0.15, -0.1) is 0 Å². The van der Waals surface area contributed by atoms with E-state index in [9.17, 15) is 14.7 Å². The van der Waals surface area contributed by atoms with Gasteiger partial charge in [0.2, 0.25) is 0 Å². The van der Waals surface area contributed by atoms with Crippen LogP contribution < -0.4 is 4.90 Å². The Bertz CT molecular complexity index is 918. The van der Waals surface area contributed by atoms with Crippen LogP contribution in [0.5, 0.6) is 0 Å². The van der Waals surface area contributed by atoms with E-state index >= 15 is 0 Å². The van der Waals surface area contributed by atoms with Crippen molar-refractivity contribution in [2.45, 2.75) is 57.6 Å². The van der Waals surface area contributed by atoms with Gasteiger partial charge in [-0.1, -0.05) is 30.3 Å². The Morgan fingerprint density at radius 1 is 1.11 bits per heavy atom. The lowest BCUT2D eigenvalue weighted by molar-refractivity contribution is -0.136. The normalized spacial score (nSPS) is 21.3. The first-order valence-corrected chi connectivity index (χ1v) is 9.72. The number of carbonyl (C=O) groups is 2. The van der Waals surface area contributed by atoms with Crippen molar-refractivity contribution >= 4 is 17.4 Å². The van der Waals surface area contributed by atoms with Gasteiger partial charge in [-0.2, -0.15) is 0 Å². The minimum Gasteiger partial charge on any atom is -0.375 e. The minimum atomic E-state index is -1.80. The van der Waals surface area contributed by atoms with E-state index < -0.39 is 11.5 Å². The number of fused-ring (bicyclic) bond motifs is 2. The zero-order valence-corrected chi connectivity index (χ0v) is 15.9. The van der Waals surface area contributed by atoms with Crippen molar-refractivity contribution in [3.8, 4) is 0 Å². The highest BCUT2D eigenvalue weighted by Gasteiger charge is 2.51. The van der Waals surface area contributed by atoms with Crippen LogP contribution >= 0.6 is 0 Å². The number of carbonyl (C=O) groups excluding carboxylic acids is 2. The van der Waals surface area contributed by atoms with Crippen molar-refractivity contribution in [1.29, 1.82) is 0 Å². The van der Waals surface area contributed by atoms with Gasteiger partial charge in [0.05, 0.1) is 12.1 Å². The second-order valence-corrected chi connectivity index (χ2v) is 7.94. The molecule has 140 valence electrons. The third-order valence-electron chi connectivity index (χ3n) is 5.79. The molecule has 1 unspecified atom stereocenters. The Morgan fingerprint density at radius 3 is 2.56 bits per heavy atom.